The van der Waals surface area contributed by atoms with Crippen LogP contribution in [0.25, 0.3) is 0 Å². The lowest BCUT2D eigenvalue weighted by atomic mass is 10.1. The van der Waals surface area contributed by atoms with Crippen LogP contribution >= 0.6 is 0 Å². The molecule has 0 saturated carbocycles. The van der Waals surface area contributed by atoms with Gasteiger partial charge in [-0.1, -0.05) is 18.2 Å². The maximum atomic E-state index is 13.1. The second-order valence-corrected chi connectivity index (χ2v) is 5.93. The predicted molar refractivity (Wildman–Crippen MR) is 94.7 cm³/mol. The number of fused-ring (bicyclic) bond motifs is 1. The monoisotopic (exact) mass is 372 g/mol. The number of benzene rings is 2. The number of hydrogen-bond acceptors (Lipinski definition) is 5. The Balaban J connectivity index is 1.54. The molecule has 27 heavy (non-hydrogen) atoms. The minimum absolute atomic E-state index is 0.245. The van der Waals surface area contributed by atoms with Crippen molar-refractivity contribution >= 4 is 29.2 Å². The van der Waals surface area contributed by atoms with Crippen molar-refractivity contribution in [3.8, 4) is 5.75 Å². The average Bonchev–Trinajstić information content (AvgIpc) is 2.62. The maximum Gasteiger partial charge on any atom is 0.310 e. The highest BCUT2D eigenvalue weighted by Crippen LogP contribution is 2.29. The lowest BCUT2D eigenvalue weighted by molar-refractivity contribution is -0.155. The molecule has 0 bridgehead atoms. The second kappa shape index (κ2) is 7.86. The molecule has 0 aliphatic carbocycles. The highest BCUT2D eigenvalue weighted by atomic mass is 19.1. The molecule has 0 fully saturated rings. The van der Waals surface area contributed by atoms with Crippen molar-refractivity contribution in [2.45, 2.75) is 25.6 Å². The number of carbonyl (C=O) groups is 3. The fourth-order valence-electron chi connectivity index (χ4n) is 2.49. The van der Waals surface area contributed by atoms with Crippen LogP contribution in [0, 0.1) is 5.82 Å². The molecule has 7 nitrogen and oxygen atoms in total. The maximum absolute atomic E-state index is 13.1. The van der Waals surface area contributed by atoms with Gasteiger partial charge in [0.05, 0.1) is 12.1 Å². The molecular formula is C19H17FN2O5. The zero-order valence-corrected chi connectivity index (χ0v) is 14.4. The molecule has 0 radical (unpaired) electrons. The molecule has 2 aromatic rings. The van der Waals surface area contributed by atoms with E-state index in [1.54, 1.807) is 24.3 Å². The van der Waals surface area contributed by atoms with Gasteiger partial charge < -0.3 is 20.1 Å². The quantitative estimate of drug-likeness (QED) is 0.787. The Morgan fingerprint density at radius 1 is 1.26 bits per heavy atom. The van der Waals surface area contributed by atoms with E-state index < -0.39 is 35.8 Å². The highest BCUT2D eigenvalue weighted by Gasteiger charge is 2.31. The second-order valence-electron chi connectivity index (χ2n) is 5.93. The number of para-hydroxylation sites is 2. The normalized spacial score (nSPS) is 16.4. The molecule has 8 heteroatoms. The smallest absolute Gasteiger partial charge is 0.310 e. The van der Waals surface area contributed by atoms with Crippen molar-refractivity contribution in [2.24, 2.45) is 0 Å². The zero-order chi connectivity index (χ0) is 19.4. The van der Waals surface area contributed by atoms with Gasteiger partial charge in [-0.15, -0.1) is 0 Å². The van der Waals surface area contributed by atoms with Crippen LogP contribution in [0.3, 0.4) is 0 Å². The van der Waals surface area contributed by atoms with Gasteiger partial charge in [0.2, 0.25) is 0 Å². The largest absolute Gasteiger partial charge is 0.478 e. The molecule has 0 spiro atoms. The summed E-state index contributed by atoms with van der Waals surface area (Å²) >= 11 is 0. The van der Waals surface area contributed by atoms with Crippen LogP contribution in [0.15, 0.2) is 48.5 Å². The fourth-order valence-corrected chi connectivity index (χ4v) is 2.49. The standard InChI is InChI=1S/C19H17FN2O5/c1-11(18(24)21-13-6-4-5-12(20)9-13)26-17(23)10-16-19(25)22-14-7-2-3-8-15(14)27-16/h2-9,11,16H,10H2,1H3,(H,21,24)(H,22,25)/t11-,16+/m0/s1. The molecule has 2 aromatic carbocycles. The molecule has 3 rings (SSSR count). The Morgan fingerprint density at radius 2 is 2.04 bits per heavy atom. The van der Waals surface area contributed by atoms with Gasteiger partial charge in [-0.2, -0.15) is 0 Å². The molecule has 1 aliphatic heterocycles. The van der Waals surface area contributed by atoms with Crippen LogP contribution in [-0.4, -0.2) is 30.0 Å². The van der Waals surface area contributed by atoms with Crippen LogP contribution in [0.4, 0.5) is 15.8 Å². The molecule has 0 unspecified atom stereocenters. The zero-order valence-electron chi connectivity index (χ0n) is 14.4. The van der Waals surface area contributed by atoms with Crippen molar-refractivity contribution in [2.75, 3.05) is 10.6 Å². The summed E-state index contributed by atoms with van der Waals surface area (Å²) in [6.07, 6.45) is -2.52. The van der Waals surface area contributed by atoms with Crippen LogP contribution in [0.5, 0.6) is 5.75 Å². The van der Waals surface area contributed by atoms with Crippen molar-refractivity contribution in [3.63, 3.8) is 0 Å². The van der Waals surface area contributed by atoms with Crippen LogP contribution < -0.4 is 15.4 Å². The number of anilines is 2. The van der Waals surface area contributed by atoms with Crippen LogP contribution in [0.2, 0.25) is 0 Å². The van der Waals surface area contributed by atoms with E-state index in [-0.39, 0.29) is 12.1 Å². The topological polar surface area (TPSA) is 93.7 Å². The molecule has 140 valence electrons. The number of ether oxygens (including phenoxy) is 2. The first-order valence-electron chi connectivity index (χ1n) is 8.25. The molecule has 0 aromatic heterocycles. The third-order valence-corrected chi connectivity index (χ3v) is 3.83. The van der Waals surface area contributed by atoms with Gasteiger partial charge in [-0.25, -0.2) is 4.39 Å². The number of nitrogens with one attached hydrogen (secondary N) is 2. The Hall–Kier alpha value is -3.42. The van der Waals surface area contributed by atoms with E-state index in [1.165, 1.54) is 25.1 Å². The van der Waals surface area contributed by atoms with Gasteiger partial charge in [-0.3, -0.25) is 14.4 Å². The number of esters is 1. The number of hydrogen-bond donors (Lipinski definition) is 2. The van der Waals surface area contributed by atoms with Crippen LogP contribution in [-0.2, 0) is 19.1 Å². The molecular weight excluding hydrogens is 355 g/mol. The molecule has 2 atom stereocenters. The average molecular weight is 372 g/mol. The Bertz CT molecular complexity index is 886. The van der Waals surface area contributed by atoms with Gasteiger partial charge in [0, 0.05) is 5.69 Å². The van der Waals surface area contributed by atoms with Gasteiger partial charge in [0.1, 0.15) is 11.6 Å². The summed E-state index contributed by atoms with van der Waals surface area (Å²) in [7, 11) is 0. The Kier molecular flexibility index (Phi) is 5.35. The van der Waals surface area contributed by atoms with Crippen LogP contribution in [0.1, 0.15) is 13.3 Å². The highest BCUT2D eigenvalue weighted by molar-refractivity contribution is 6.00. The van der Waals surface area contributed by atoms with E-state index in [9.17, 15) is 18.8 Å². The summed E-state index contributed by atoms with van der Waals surface area (Å²) in [5, 5.41) is 5.09. The molecule has 1 heterocycles. The lowest BCUT2D eigenvalue weighted by Gasteiger charge is -2.25. The summed E-state index contributed by atoms with van der Waals surface area (Å²) in [5.74, 6) is -1.91. The minimum Gasteiger partial charge on any atom is -0.478 e. The van der Waals surface area contributed by atoms with Gasteiger partial charge >= 0.3 is 5.97 Å². The van der Waals surface area contributed by atoms with E-state index in [0.29, 0.717) is 11.4 Å². The number of amides is 2. The van der Waals surface area contributed by atoms with Crippen molar-refractivity contribution in [3.05, 3.63) is 54.3 Å². The Morgan fingerprint density at radius 3 is 2.81 bits per heavy atom. The number of carbonyl (C=O) groups excluding carboxylic acids is 3. The fraction of sp³-hybridized carbons (Fsp3) is 0.211. The van der Waals surface area contributed by atoms with E-state index >= 15 is 0 Å². The predicted octanol–water partition coefficient (Wildman–Crippen LogP) is 2.49. The van der Waals surface area contributed by atoms with Crippen molar-refractivity contribution in [1.82, 2.24) is 0 Å². The third-order valence-electron chi connectivity index (χ3n) is 3.83. The summed E-state index contributed by atoms with van der Waals surface area (Å²) in [6.45, 7) is 1.38. The van der Waals surface area contributed by atoms with E-state index in [2.05, 4.69) is 10.6 Å². The molecule has 2 N–H and O–H groups in total. The SMILES string of the molecule is C[C@H](OC(=O)C[C@H]1Oc2ccccc2NC1=O)C(=O)Nc1cccc(F)c1. The lowest BCUT2D eigenvalue weighted by Crippen LogP contribution is -2.40. The summed E-state index contributed by atoms with van der Waals surface area (Å²) in [5.41, 5.74) is 0.768. The van der Waals surface area contributed by atoms with Gasteiger partial charge in [0.15, 0.2) is 12.2 Å². The first kappa shape index (κ1) is 18.4. The van der Waals surface area contributed by atoms with E-state index in [1.807, 2.05) is 0 Å². The summed E-state index contributed by atoms with van der Waals surface area (Å²) < 4.78 is 23.7. The summed E-state index contributed by atoms with van der Waals surface area (Å²) in [6, 6.07) is 12.2. The van der Waals surface area contributed by atoms with Crippen molar-refractivity contribution < 1.29 is 28.2 Å². The number of halogens is 1. The Labute approximate surface area is 154 Å². The third kappa shape index (κ3) is 4.60. The van der Waals surface area contributed by atoms with E-state index in [0.717, 1.165) is 6.07 Å². The molecule has 1 aliphatic rings. The minimum atomic E-state index is -1.13. The molecule has 2 amide bonds. The van der Waals surface area contributed by atoms with Crippen molar-refractivity contribution in [1.29, 1.82) is 0 Å². The molecule has 0 saturated heterocycles. The van der Waals surface area contributed by atoms with Gasteiger partial charge in [0.25, 0.3) is 11.8 Å². The summed E-state index contributed by atoms with van der Waals surface area (Å²) in [4.78, 5) is 36.2. The van der Waals surface area contributed by atoms with Gasteiger partial charge in [-0.05, 0) is 37.3 Å². The first-order chi connectivity index (χ1) is 12.9. The van der Waals surface area contributed by atoms with E-state index in [4.69, 9.17) is 9.47 Å². The number of rotatable bonds is 5. The first-order valence-corrected chi connectivity index (χ1v) is 8.25.